The van der Waals surface area contributed by atoms with Crippen LogP contribution in [-0.4, -0.2) is 18.5 Å². The maximum absolute atomic E-state index is 13.2. The van der Waals surface area contributed by atoms with Crippen molar-refractivity contribution in [2.24, 2.45) is 0 Å². The molecule has 0 aromatic heterocycles. The van der Waals surface area contributed by atoms with Crippen molar-refractivity contribution < 1.29 is 27.1 Å². The maximum Gasteiger partial charge on any atom is 0.419 e. The van der Waals surface area contributed by atoms with E-state index in [0.29, 0.717) is 12.1 Å². The Hall–Kier alpha value is -1.43. The number of halogens is 4. The summed E-state index contributed by atoms with van der Waals surface area (Å²) < 4.78 is 55.1. The summed E-state index contributed by atoms with van der Waals surface area (Å²) in [5.74, 6) is -2.02. The number of hydrogen-bond acceptors (Lipinski definition) is 2. The van der Waals surface area contributed by atoms with Crippen LogP contribution in [0.3, 0.4) is 0 Å². The molecule has 18 heavy (non-hydrogen) atoms. The summed E-state index contributed by atoms with van der Waals surface area (Å²) in [7, 11) is 0. The Balaban J connectivity index is 2.88. The van der Waals surface area contributed by atoms with Crippen LogP contribution in [0.1, 0.15) is 29.8 Å². The molecule has 0 radical (unpaired) electrons. The van der Waals surface area contributed by atoms with Crippen molar-refractivity contribution in [3.05, 3.63) is 35.1 Å². The highest BCUT2D eigenvalue weighted by molar-refractivity contribution is 5.97. The number of carbonyl (C=O) groups is 1. The average Bonchev–Trinajstić information content (AvgIpc) is 2.23. The van der Waals surface area contributed by atoms with E-state index in [-0.39, 0.29) is 18.3 Å². The molecule has 0 saturated carbocycles. The van der Waals surface area contributed by atoms with Gasteiger partial charge in [-0.2, -0.15) is 13.2 Å². The van der Waals surface area contributed by atoms with Gasteiger partial charge in [-0.1, -0.05) is 6.07 Å². The summed E-state index contributed by atoms with van der Waals surface area (Å²) in [6.07, 6.45) is -4.95. The molecule has 0 N–H and O–H groups in total. The second kappa shape index (κ2) is 5.48. The minimum Gasteiger partial charge on any atom is -0.371 e. The third-order valence-corrected chi connectivity index (χ3v) is 2.14. The van der Waals surface area contributed by atoms with Crippen molar-refractivity contribution in [3.63, 3.8) is 0 Å². The fourth-order valence-electron chi connectivity index (χ4n) is 1.24. The molecular formula is C12H12F4O2. The van der Waals surface area contributed by atoms with Crippen molar-refractivity contribution in [3.8, 4) is 0 Å². The molecule has 0 aliphatic carbocycles. The molecule has 0 spiro atoms. The summed E-state index contributed by atoms with van der Waals surface area (Å²) in [4.78, 5) is 11.5. The van der Waals surface area contributed by atoms with E-state index in [1.807, 2.05) is 0 Å². The summed E-state index contributed by atoms with van der Waals surface area (Å²) in [5, 5.41) is 0. The Morgan fingerprint density at radius 3 is 2.39 bits per heavy atom. The van der Waals surface area contributed by atoms with Crippen LogP contribution in [0, 0.1) is 5.82 Å². The number of ketones is 1. The number of rotatable bonds is 4. The SMILES string of the molecule is CC(C)OCC(=O)c1ccc(C(F)(F)F)c(F)c1. The molecule has 0 amide bonds. The van der Waals surface area contributed by atoms with E-state index in [0.717, 1.165) is 6.07 Å². The Labute approximate surface area is 102 Å². The molecule has 1 aromatic rings. The Morgan fingerprint density at radius 1 is 1.33 bits per heavy atom. The molecule has 0 aliphatic rings. The monoisotopic (exact) mass is 264 g/mol. The van der Waals surface area contributed by atoms with E-state index in [9.17, 15) is 22.4 Å². The quantitative estimate of drug-likeness (QED) is 0.615. The number of carbonyl (C=O) groups excluding carboxylic acids is 1. The van der Waals surface area contributed by atoms with Crippen molar-refractivity contribution in [2.75, 3.05) is 6.61 Å². The van der Waals surface area contributed by atoms with Gasteiger partial charge < -0.3 is 4.74 Å². The fourth-order valence-corrected chi connectivity index (χ4v) is 1.24. The Kier molecular flexibility index (Phi) is 4.45. The third kappa shape index (κ3) is 3.80. The van der Waals surface area contributed by atoms with Crippen LogP contribution >= 0.6 is 0 Å². The molecule has 0 heterocycles. The van der Waals surface area contributed by atoms with Crippen LogP contribution in [0.2, 0.25) is 0 Å². The second-order valence-electron chi connectivity index (χ2n) is 3.98. The molecule has 1 aromatic carbocycles. The van der Waals surface area contributed by atoms with Gasteiger partial charge in [-0.05, 0) is 26.0 Å². The van der Waals surface area contributed by atoms with Crippen molar-refractivity contribution in [1.29, 1.82) is 0 Å². The van der Waals surface area contributed by atoms with Gasteiger partial charge >= 0.3 is 6.18 Å². The van der Waals surface area contributed by atoms with Crippen molar-refractivity contribution in [1.82, 2.24) is 0 Å². The smallest absolute Gasteiger partial charge is 0.371 e. The zero-order valence-corrected chi connectivity index (χ0v) is 9.84. The van der Waals surface area contributed by atoms with E-state index in [1.165, 1.54) is 0 Å². The Bertz CT molecular complexity index is 438. The van der Waals surface area contributed by atoms with Crippen LogP contribution in [0.25, 0.3) is 0 Å². The number of ether oxygens (including phenoxy) is 1. The summed E-state index contributed by atoms with van der Waals surface area (Å²) in [5.41, 5.74) is -1.52. The highest BCUT2D eigenvalue weighted by atomic mass is 19.4. The Morgan fingerprint density at radius 2 is 1.94 bits per heavy atom. The van der Waals surface area contributed by atoms with Gasteiger partial charge in [0.15, 0.2) is 5.78 Å². The van der Waals surface area contributed by atoms with Gasteiger partial charge in [0, 0.05) is 5.56 Å². The van der Waals surface area contributed by atoms with Gasteiger partial charge in [-0.15, -0.1) is 0 Å². The second-order valence-corrected chi connectivity index (χ2v) is 3.98. The molecule has 100 valence electrons. The van der Waals surface area contributed by atoms with Crippen LogP contribution in [-0.2, 0) is 10.9 Å². The van der Waals surface area contributed by atoms with Crippen LogP contribution in [0.15, 0.2) is 18.2 Å². The topological polar surface area (TPSA) is 26.3 Å². The van der Waals surface area contributed by atoms with Crippen molar-refractivity contribution in [2.45, 2.75) is 26.1 Å². The summed E-state index contributed by atoms with van der Waals surface area (Å²) >= 11 is 0. The van der Waals surface area contributed by atoms with Gasteiger partial charge in [0.2, 0.25) is 0 Å². The molecule has 0 saturated heterocycles. The van der Waals surface area contributed by atoms with Gasteiger partial charge in [0.05, 0.1) is 11.7 Å². The predicted molar refractivity (Wildman–Crippen MR) is 56.8 cm³/mol. The predicted octanol–water partition coefficient (Wildman–Crippen LogP) is 3.45. The molecule has 0 fully saturated rings. The van der Waals surface area contributed by atoms with Gasteiger partial charge in [-0.25, -0.2) is 4.39 Å². The molecule has 6 heteroatoms. The summed E-state index contributed by atoms with van der Waals surface area (Å²) in [6.45, 7) is 3.13. The fraction of sp³-hybridized carbons (Fsp3) is 0.417. The molecule has 0 unspecified atom stereocenters. The van der Waals surface area contributed by atoms with Gasteiger partial charge in [0.25, 0.3) is 0 Å². The highest BCUT2D eigenvalue weighted by Gasteiger charge is 2.34. The van der Waals surface area contributed by atoms with Gasteiger partial charge in [0.1, 0.15) is 12.4 Å². The molecule has 0 atom stereocenters. The lowest BCUT2D eigenvalue weighted by Crippen LogP contribution is -2.15. The molecule has 0 bridgehead atoms. The van der Waals surface area contributed by atoms with Crippen molar-refractivity contribution >= 4 is 5.78 Å². The van der Waals surface area contributed by atoms with Gasteiger partial charge in [-0.3, -0.25) is 4.79 Å². The number of benzene rings is 1. The van der Waals surface area contributed by atoms with E-state index in [1.54, 1.807) is 13.8 Å². The normalized spacial score (nSPS) is 11.9. The lowest BCUT2D eigenvalue weighted by atomic mass is 10.1. The number of hydrogen-bond donors (Lipinski definition) is 0. The number of alkyl halides is 3. The van der Waals surface area contributed by atoms with Crippen LogP contribution in [0.5, 0.6) is 0 Å². The van der Waals surface area contributed by atoms with E-state index >= 15 is 0 Å². The zero-order valence-electron chi connectivity index (χ0n) is 9.84. The first-order valence-corrected chi connectivity index (χ1v) is 5.23. The first kappa shape index (κ1) is 14.6. The van der Waals surface area contributed by atoms with Crippen LogP contribution < -0.4 is 0 Å². The molecule has 2 nitrogen and oxygen atoms in total. The first-order valence-electron chi connectivity index (χ1n) is 5.23. The zero-order chi connectivity index (χ0) is 13.9. The van der Waals surface area contributed by atoms with E-state index in [4.69, 9.17) is 4.74 Å². The maximum atomic E-state index is 13.2. The lowest BCUT2D eigenvalue weighted by Gasteiger charge is -2.10. The minimum absolute atomic E-state index is 0.138. The standard InChI is InChI=1S/C12H12F4O2/c1-7(2)18-6-11(17)8-3-4-9(10(13)5-8)12(14,15)16/h3-5,7H,6H2,1-2H3. The number of Topliss-reactive ketones (excluding diaryl/α,β-unsaturated/α-hetero) is 1. The first-order chi connectivity index (χ1) is 8.21. The molecule has 0 aliphatic heterocycles. The average molecular weight is 264 g/mol. The lowest BCUT2D eigenvalue weighted by molar-refractivity contribution is -0.140. The summed E-state index contributed by atoms with van der Waals surface area (Å²) in [6, 6.07) is 2.07. The van der Waals surface area contributed by atoms with Crippen LogP contribution in [0.4, 0.5) is 17.6 Å². The molecular weight excluding hydrogens is 252 g/mol. The van der Waals surface area contributed by atoms with E-state index < -0.39 is 23.3 Å². The largest absolute Gasteiger partial charge is 0.419 e. The van der Waals surface area contributed by atoms with E-state index in [2.05, 4.69) is 0 Å². The minimum atomic E-state index is -4.76. The third-order valence-electron chi connectivity index (χ3n) is 2.14. The highest BCUT2D eigenvalue weighted by Crippen LogP contribution is 2.31. The molecule has 1 rings (SSSR count).